The predicted octanol–water partition coefficient (Wildman–Crippen LogP) is 2.50. The number of hydrogen-bond donors (Lipinski definition) is 2. The van der Waals surface area contributed by atoms with E-state index in [1.54, 1.807) is 16.4 Å². The Labute approximate surface area is 128 Å². The number of nitrogens with zero attached hydrogens (tertiary/aromatic N) is 4. The number of tetrazole rings is 1. The van der Waals surface area contributed by atoms with Crippen molar-refractivity contribution in [1.82, 2.24) is 20.2 Å². The number of nitrogens with two attached hydrogens (primary N) is 1. The SMILES string of the molecule is CC(C)(CCCSc1nnnn1-c1ccccc1)C(=N)N. The van der Waals surface area contributed by atoms with E-state index in [0.717, 1.165) is 29.4 Å². The molecular weight excluding hydrogens is 284 g/mol. The van der Waals surface area contributed by atoms with Crippen molar-refractivity contribution in [2.24, 2.45) is 11.1 Å². The lowest BCUT2D eigenvalue weighted by molar-refractivity contribution is 0.464. The van der Waals surface area contributed by atoms with Crippen molar-refractivity contribution in [2.75, 3.05) is 5.75 Å². The first-order valence-corrected chi connectivity index (χ1v) is 7.80. The molecule has 7 heteroatoms. The molecule has 112 valence electrons. The summed E-state index contributed by atoms with van der Waals surface area (Å²) in [7, 11) is 0. The smallest absolute Gasteiger partial charge is 0.214 e. The van der Waals surface area contributed by atoms with Crippen LogP contribution in [0, 0.1) is 10.8 Å². The van der Waals surface area contributed by atoms with Crippen LogP contribution in [0.5, 0.6) is 0 Å². The highest BCUT2D eigenvalue weighted by Crippen LogP contribution is 2.25. The molecule has 0 amide bonds. The maximum atomic E-state index is 7.55. The maximum absolute atomic E-state index is 7.55. The van der Waals surface area contributed by atoms with Crippen LogP contribution in [0.15, 0.2) is 35.5 Å². The average Bonchev–Trinajstić information content (AvgIpc) is 2.93. The van der Waals surface area contributed by atoms with Gasteiger partial charge in [0.15, 0.2) is 0 Å². The maximum Gasteiger partial charge on any atom is 0.214 e. The summed E-state index contributed by atoms with van der Waals surface area (Å²) < 4.78 is 1.74. The number of nitrogens with one attached hydrogen (secondary N) is 1. The van der Waals surface area contributed by atoms with Gasteiger partial charge in [0.2, 0.25) is 5.16 Å². The number of amidine groups is 1. The number of thioether (sulfide) groups is 1. The van der Waals surface area contributed by atoms with E-state index >= 15 is 0 Å². The number of benzene rings is 1. The minimum Gasteiger partial charge on any atom is -0.387 e. The predicted molar refractivity (Wildman–Crippen MR) is 84.8 cm³/mol. The molecular formula is C14H20N6S. The zero-order valence-electron chi connectivity index (χ0n) is 12.3. The van der Waals surface area contributed by atoms with E-state index in [9.17, 15) is 0 Å². The summed E-state index contributed by atoms with van der Waals surface area (Å²) in [4.78, 5) is 0. The van der Waals surface area contributed by atoms with Gasteiger partial charge < -0.3 is 5.73 Å². The standard InChI is InChI=1S/C14H20N6S/c1-14(2,12(15)16)9-6-10-21-13-17-18-19-20(13)11-7-4-3-5-8-11/h3-5,7-8H,6,9-10H2,1-2H3,(H3,15,16). The Kier molecular flexibility index (Phi) is 4.95. The quantitative estimate of drug-likeness (QED) is 0.355. The molecule has 0 spiro atoms. The van der Waals surface area contributed by atoms with Crippen LogP contribution in [-0.4, -0.2) is 31.8 Å². The third kappa shape index (κ3) is 4.04. The van der Waals surface area contributed by atoms with Crippen LogP contribution < -0.4 is 5.73 Å². The van der Waals surface area contributed by atoms with E-state index in [2.05, 4.69) is 15.5 Å². The summed E-state index contributed by atoms with van der Waals surface area (Å²) in [6.07, 6.45) is 1.83. The summed E-state index contributed by atoms with van der Waals surface area (Å²) >= 11 is 1.62. The van der Waals surface area contributed by atoms with Crippen molar-refractivity contribution in [3.63, 3.8) is 0 Å². The van der Waals surface area contributed by atoms with Gasteiger partial charge in [-0.05, 0) is 35.4 Å². The average molecular weight is 304 g/mol. The van der Waals surface area contributed by atoms with Crippen LogP contribution in [0.4, 0.5) is 0 Å². The fourth-order valence-corrected chi connectivity index (χ4v) is 2.64. The molecule has 21 heavy (non-hydrogen) atoms. The van der Waals surface area contributed by atoms with Crippen LogP contribution in [0.1, 0.15) is 26.7 Å². The van der Waals surface area contributed by atoms with Gasteiger partial charge >= 0.3 is 0 Å². The Morgan fingerprint density at radius 3 is 2.71 bits per heavy atom. The molecule has 3 N–H and O–H groups in total. The third-order valence-electron chi connectivity index (χ3n) is 3.35. The molecule has 0 atom stereocenters. The van der Waals surface area contributed by atoms with Gasteiger partial charge in [-0.1, -0.05) is 43.8 Å². The van der Waals surface area contributed by atoms with E-state index < -0.39 is 0 Å². The van der Waals surface area contributed by atoms with E-state index in [1.165, 1.54) is 0 Å². The molecule has 0 fully saturated rings. The molecule has 2 aromatic rings. The number of para-hydroxylation sites is 1. The normalized spacial score (nSPS) is 11.5. The first-order chi connectivity index (χ1) is 10.0. The summed E-state index contributed by atoms with van der Waals surface area (Å²) in [6.45, 7) is 3.99. The summed E-state index contributed by atoms with van der Waals surface area (Å²) in [5.41, 5.74) is 6.30. The lowest BCUT2D eigenvalue weighted by atomic mass is 9.87. The molecule has 0 aliphatic heterocycles. The molecule has 0 unspecified atom stereocenters. The second-order valence-corrected chi connectivity index (χ2v) is 6.52. The van der Waals surface area contributed by atoms with Crippen LogP contribution in [-0.2, 0) is 0 Å². The van der Waals surface area contributed by atoms with Gasteiger partial charge in [-0.25, -0.2) is 0 Å². The Balaban J connectivity index is 1.91. The zero-order valence-corrected chi connectivity index (χ0v) is 13.1. The largest absolute Gasteiger partial charge is 0.387 e. The molecule has 2 rings (SSSR count). The summed E-state index contributed by atoms with van der Waals surface area (Å²) in [6, 6.07) is 9.82. The van der Waals surface area contributed by atoms with Crippen LogP contribution >= 0.6 is 11.8 Å². The fraction of sp³-hybridized carbons (Fsp3) is 0.429. The van der Waals surface area contributed by atoms with Gasteiger partial charge in [-0.3, -0.25) is 5.41 Å². The molecule has 0 bridgehead atoms. The first-order valence-electron chi connectivity index (χ1n) is 6.82. The van der Waals surface area contributed by atoms with E-state index in [4.69, 9.17) is 11.1 Å². The lowest BCUT2D eigenvalue weighted by Gasteiger charge is -2.22. The molecule has 1 aromatic carbocycles. The van der Waals surface area contributed by atoms with Crippen LogP contribution in [0.25, 0.3) is 5.69 Å². The van der Waals surface area contributed by atoms with Gasteiger partial charge in [0, 0.05) is 11.2 Å². The monoisotopic (exact) mass is 304 g/mol. The van der Waals surface area contributed by atoms with Crippen molar-refractivity contribution in [1.29, 1.82) is 5.41 Å². The molecule has 0 aliphatic carbocycles. The van der Waals surface area contributed by atoms with E-state index in [1.807, 2.05) is 44.2 Å². The second-order valence-electron chi connectivity index (χ2n) is 5.46. The molecule has 0 aliphatic rings. The number of aromatic nitrogens is 4. The second kappa shape index (κ2) is 6.71. The Hall–Kier alpha value is -1.89. The Morgan fingerprint density at radius 1 is 1.33 bits per heavy atom. The highest BCUT2D eigenvalue weighted by molar-refractivity contribution is 7.99. The van der Waals surface area contributed by atoms with Crippen molar-refractivity contribution in [3.05, 3.63) is 30.3 Å². The van der Waals surface area contributed by atoms with Gasteiger partial charge in [0.05, 0.1) is 11.5 Å². The third-order valence-corrected chi connectivity index (χ3v) is 4.35. The molecule has 6 nitrogen and oxygen atoms in total. The topological polar surface area (TPSA) is 93.5 Å². The fourth-order valence-electron chi connectivity index (χ4n) is 1.81. The molecule has 0 saturated heterocycles. The molecule has 1 aromatic heterocycles. The molecule has 0 saturated carbocycles. The zero-order chi connectivity index (χ0) is 15.3. The summed E-state index contributed by atoms with van der Waals surface area (Å²) in [5, 5.41) is 20.2. The van der Waals surface area contributed by atoms with Gasteiger partial charge in [-0.2, -0.15) is 4.68 Å². The van der Waals surface area contributed by atoms with Crippen LogP contribution in [0.3, 0.4) is 0 Å². The van der Waals surface area contributed by atoms with E-state index in [0.29, 0.717) is 0 Å². The van der Waals surface area contributed by atoms with Gasteiger partial charge in [-0.15, -0.1) is 5.10 Å². The summed E-state index contributed by atoms with van der Waals surface area (Å²) in [5.74, 6) is 1.13. The minimum absolute atomic E-state index is 0.238. The lowest BCUT2D eigenvalue weighted by Crippen LogP contribution is -2.30. The van der Waals surface area contributed by atoms with Crippen molar-refractivity contribution in [3.8, 4) is 5.69 Å². The van der Waals surface area contributed by atoms with Crippen molar-refractivity contribution >= 4 is 17.6 Å². The minimum atomic E-state index is -0.244. The number of rotatable bonds is 7. The molecule has 0 radical (unpaired) electrons. The Morgan fingerprint density at radius 2 is 2.05 bits per heavy atom. The van der Waals surface area contributed by atoms with Gasteiger partial charge in [0.1, 0.15) is 0 Å². The Bertz CT molecular complexity index is 593. The highest BCUT2D eigenvalue weighted by atomic mass is 32.2. The van der Waals surface area contributed by atoms with Crippen molar-refractivity contribution < 1.29 is 0 Å². The van der Waals surface area contributed by atoms with E-state index in [-0.39, 0.29) is 11.3 Å². The van der Waals surface area contributed by atoms with Crippen molar-refractivity contribution in [2.45, 2.75) is 31.8 Å². The number of hydrogen-bond acceptors (Lipinski definition) is 5. The molecule has 1 heterocycles. The van der Waals surface area contributed by atoms with Gasteiger partial charge in [0.25, 0.3) is 0 Å². The van der Waals surface area contributed by atoms with Crippen LogP contribution in [0.2, 0.25) is 0 Å². The highest BCUT2D eigenvalue weighted by Gasteiger charge is 2.21. The first kappa shape index (κ1) is 15.5.